The van der Waals surface area contributed by atoms with Crippen molar-refractivity contribution < 1.29 is 14.7 Å². The van der Waals surface area contributed by atoms with Gasteiger partial charge in [0.2, 0.25) is 5.91 Å². The number of hydrogen-bond donors (Lipinski definition) is 2. The van der Waals surface area contributed by atoms with E-state index in [0.29, 0.717) is 24.4 Å². The van der Waals surface area contributed by atoms with Gasteiger partial charge in [-0.2, -0.15) is 0 Å². The lowest BCUT2D eigenvalue weighted by Crippen LogP contribution is -2.34. The van der Waals surface area contributed by atoms with Gasteiger partial charge in [0.15, 0.2) is 5.16 Å². The molecule has 0 saturated heterocycles. The van der Waals surface area contributed by atoms with Crippen LogP contribution >= 0.6 is 11.8 Å². The maximum Gasteiger partial charge on any atom is 0.306 e. The Hall–Kier alpha value is -2.35. The monoisotopic (exact) mass is 360 g/mol. The molecule has 0 bridgehead atoms. The summed E-state index contributed by atoms with van der Waals surface area (Å²) in [5.41, 5.74) is 2.11. The molecule has 1 heterocycles. The standard InChI is InChI=1S/C17H20N4O3S/c1-11-2-6-14(7-3-11)21-10-18-20-17(21)25-9-15(22)19-13-5-4-12(8-13)16(23)24/h2-3,6-7,10,12-13H,4-5,8-9H2,1H3,(H,19,22)(H,23,24)/t12-,13+/m0/s1. The number of aryl methyl sites for hydroxylation is 1. The summed E-state index contributed by atoms with van der Waals surface area (Å²) in [6.07, 6.45) is 3.46. The van der Waals surface area contributed by atoms with Gasteiger partial charge in [-0.1, -0.05) is 29.5 Å². The van der Waals surface area contributed by atoms with Crippen LogP contribution in [-0.4, -0.2) is 43.5 Å². The Morgan fingerprint density at radius 1 is 1.32 bits per heavy atom. The summed E-state index contributed by atoms with van der Waals surface area (Å²) in [6, 6.07) is 7.93. The molecular weight excluding hydrogens is 340 g/mol. The zero-order valence-corrected chi connectivity index (χ0v) is 14.7. The van der Waals surface area contributed by atoms with Crippen LogP contribution < -0.4 is 5.32 Å². The van der Waals surface area contributed by atoms with Gasteiger partial charge in [-0.05, 0) is 38.3 Å². The average molecular weight is 360 g/mol. The fourth-order valence-electron chi connectivity index (χ4n) is 2.94. The van der Waals surface area contributed by atoms with Crippen LogP contribution in [0.25, 0.3) is 5.69 Å². The molecule has 1 amide bonds. The Morgan fingerprint density at radius 2 is 2.08 bits per heavy atom. The number of carboxylic acid groups (broad SMARTS) is 1. The molecule has 8 heteroatoms. The van der Waals surface area contributed by atoms with E-state index in [-0.39, 0.29) is 23.6 Å². The third-order valence-corrected chi connectivity index (χ3v) is 5.25. The van der Waals surface area contributed by atoms with Crippen molar-refractivity contribution in [2.45, 2.75) is 37.4 Å². The smallest absolute Gasteiger partial charge is 0.306 e. The highest BCUT2D eigenvalue weighted by Crippen LogP contribution is 2.26. The number of amides is 1. The molecule has 0 aliphatic heterocycles. The van der Waals surface area contributed by atoms with Crippen molar-refractivity contribution >= 4 is 23.6 Å². The quantitative estimate of drug-likeness (QED) is 0.765. The molecular formula is C17H20N4O3S. The lowest BCUT2D eigenvalue weighted by Gasteiger charge is -2.12. The molecule has 2 atom stereocenters. The average Bonchev–Trinajstić information content (AvgIpc) is 3.23. The van der Waals surface area contributed by atoms with E-state index in [4.69, 9.17) is 5.11 Å². The number of carbonyl (C=O) groups excluding carboxylic acids is 1. The second-order valence-electron chi connectivity index (χ2n) is 6.22. The van der Waals surface area contributed by atoms with Crippen LogP contribution in [0.5, 0.6) is 0 Å². The number of carboxylic acids is 1. The first-order valence-electron chi connectivity index (χ1n) is 8.15. The lowest BCUT2D eigenvalue weighted by atomic mass is 10.1. The molecule has 1 saturated carbocycles. The van der Waals surface area contributed by atoms with E-state index in [9.17, 15) is 9.59 Å². The number of thioether (sulfide) groups is 1. The molecule has 7 nitrogen and oxygen atoms in total. The zero-order chi connectivity index (χ0) is 17.8. The molecule has 3 rings (SSSR count). The topological polar surface area (TPSA) is 97.1 Å². The van der Waals surface area contributed by atoms with Crippen molar-refractivity contribution in [3.63, 3.8) is 0 Å². The minimum absolute atomic E-state index is 0.0517. The third kappa shape index (κ3) is 4.39. The van der Waals surface area contributed by atoms with E-state index in [1.165, 1.54) is 17.3 Å². The highest BCUT2D eigenvalue weighted by molar-refractivity contribution is 7.99. The van der Waals surface area contributed by atoms with Gasteiger partial charge in [0.05, 0.1) is 11.7 Å². The van der Waals surface area contributed by atoms with E-state index in [1.54, 1.807) is 6.33 Å². The highest BCUT2D eigenvalue weighted by Gasteiger charge is 2.30. The molecule has 0 unspecified atom stereocenters. The molecule has 1 aliphatic carbocycles. The van der Waals surface area contributed by atoms with Crippen LogP contribution in [0, 0.1) is 12.8 Å². The summed E-state index contributed by atoms with van der Waals surface area (Å²) in [5.74, 6) is -1.02. The minimum atomic E-state index is -0.780. The SMILES string of the molecule is Cc1ccc(-n2cnnc2SCC(=O)N[C@@H]2CC[C@H](C(=O)O)C2)cc1. The van der Waals surface area contributed by atoms with Crippen LogP contribution in [-0.2, 0) is 9.59 Å². The van der Waals surface area contributed by atoms with Gasteiger partial charge in [-0.3, -0.25) is 14.2 Å². The molecule has 0 spiro atoms. The van der Waals surface area contributed by atoms with Gasteiger partial charge in [-0.15, -0.1) is 10.2 Å². The van der Waals surface area contributed by atoms with Gasteiger partial charge < -0.3 is 10.4 Å². The van der Waals surface area contributed by atoms with Gasteiger partial charge in [0, 0.05) is 11.7 Å². The van der Waals surface area contributed by atoms with Crippen LogP contribution in [0.2, 0.25) is 0 Å². The number of hydrogen-bond acceptors (Lipinski definition) is 5. The number of nitrogens with one attached hydrogen (secondary N) is 1. The Kier molecular flexibility index (Phi) is 5.37. The molecule has 2 aromatic rings. The van der Waals surface area contributed by atoms with Crippen molar-refractivity contribution in [3.8, 4) is 5.69 Å². The first kappa shape index (κ1) is 17.5. The van der Waals surface area contributed by atoms with Crippen LogP contribution in [0.3, 0.4) is 0 Å². The predicted octanol–water partition coefficient (Wildman–Crippen LogP) is 2.04. The number of aromatic nitrogens is 3. The number of carbonyl (C=O) groups is 2. The maximum atomic E-state index is 12.1. The molecule has 0 radical (unpaired) electrons. The second-order valence-corrected chi connectivity index (χ2v) is 7.16. The van der Waals surface area contributed by atoms with Crippen LogP contribution in [0.1, 0.15) is 24.8 Å². The van der Waals surface area contributed by atoms with Crippen molar-refractivity contribution in [2.24, 2.45) is 5.92 Å². The van der Waals surface area contributed by atoms with Gasteiger partial charge >= 0.3 is 5.97 Å². The third-order valence-electron chi connectivity index (χ3n) is 4.31. The Morgan fingerprint density at radius 3 is 2.76 bits per heavy atom. The van der Waals surface area contributed by atoms with E-state index in [1.807, 2.05) is 35.8 Å². The molecule has 132 valence electrons. The largest absolute Gasteiger partial charge is 0.481 e. The summed E-state index contributed by atoms with van der Waals surface area (Å²) >= 11 is 1.31. The van der Waals surface area contributed by atoms with Crippen molar-refractivity contribution in [1.29, 1.82) is 0 Å². The van der Waals surface area contributed by atoms with E-state index in [0.717, 1.165) is 5.69 Å². The lowest BCUT2D eigenvalue weighted by molar-refractivity contribution is -0.141. The summed E-state index contributed by atoms with van der Waals surface area (Å²) in [5, 5.41) is 20.6. The van der Waals surface area contributed by atoms with Gasteiger partial charge in [0.25, 0.3) is 0 Å². The van der Waals surface area contributed by atoms with E-state index in [2.05, 4.69) is 15.5 Å². The van der Waals surface area contributed by atoms with Crippen LogP contribution in [0.4, 0.5) is 0 Å². The Labute approximate surface area is 149 Å². The summed E-state index contributed by atoms with van der Waals surface area (Å²) in [7, 11) is 0. The summed E-state index contributed by atoms with van der Waals surface area (Å²) in [6.45, 7) is 2.02. The minimum Gasteiger partial charge on any atom is -0.481 e. The van der Waals surface area contributed by atoms with Gasteiger partial charge in [-0.25, -0.2) is 0 Å². The fraction of sp³-hybridized carbons (Fsp3) is 0.412. The summed E-state index contributed by atoms with van der Waals surface area (Å²) in [4.78, 5) is 23.1. The Bertz CT molecular complexity index is 760. The molecule has 1 fully saturated rings. The molecule has 1 aromatic heterocycles. The normalized spacial score (nSPS) is 19.7. The predicted molar refractivity (Wildman–Crippen MR) is 93.7 cm³/mol. The first-order valence-corrected chi connectivity index (χ1v) is 9.13. The molecule has 1 aromatic carbocycles. The second kappa shape index (κ2) is 7.69. The number of benzene rings is 1. The highest BCUT2D eigenvalue weighted by atomic mass is 32.2. The van der Waals surface area contributed by atoms with Crippen LogP contribution in [0.15, 0.2) is 35.7 Å². The molecule has 1 aliphatic rings. The molecule has 25 heavy (non-hydrogen) atoms. The number of nitrogens with zero attached hydrogens (tertiary/aromatic N) is 3. The first-order chi connectivity index (χ1) is 12.0. The Balaban J connectivity index is 1.54. The van der Waals surface area contributed by atoms with Crippen molar-refractivity contribution in [3.05, 3.63) is 36.2 Å². The number of rotatable bonds is 6. The fourth-order valence-corrected chi connectivity index (χ4v) is 3.68. The molecule has 2 N–H and O–H groups in total. The number of aliphatic carboxylic acids is 1. The van der Waals surface area contributed by atoms with E-state index < -0.39 is 5.97 Å². The zero-order valence-electron chi connectivity index (χ0n) is 13.9. The van der Waals surface area contributed by atoms with E-state index >= 15 is 0 Å². The summed E-state index contributed by atoms with van der Waals surface area (Å²) < 4.78 is 1.84. The van der Waals surface area contributed by atoms with Crippen molar-refractivity contribution in [1.82, 2.24) is 20.1 Å². The van der Waals surface area contributed by atoms with Gasteiger partial charge in [0.1, 0.15) is 6.33 Å². The van der Waals surface area contributed by atoms with Crippen molar-refractivity contribution in [2.75, 3.05) is 5.75 Å². The maximum absolute atomic E-state index is 12.1.